The molecule has 0 unspecified atom stereocenters. The number of imide groups is 1. The van der Waals surface area contributed by atoms with Gasteiger partial charge in [0.1, 0.15) is 5.75 Å². The summed E-state index contributed by atoms with van der Waals surface area (Å²) in [5.41, 5.74) is 4.20. The number of ether oxygens (including phenoxy) is 1. The molecule has 6 heteroatoms. The van der Waals surface area contributed by atoms with Crippen molar-refractivity contribution in [3.8, 4) is 5.75 Å². The maximum absolute atomic E-state index is 12.7. The number of thioether (sulfide) groups is 1. The first-order chi connectivity index (χ1) is 13.6. The van der Waals surface area contributed by atoms with Crippen molar-refractivity contribution in [1.82, 2.24) is 4.90 Å². The second-order valence-corrected chi connectivity index (χ2v) is 9.38. The van der Waals surface area contributed by atoms with Gasteiger partial charge in [0.15, 0.2) is 0 Å². The highest BCUT2D eigenvalue weighted by molar-refractivity contribution is 8.18. The minimum atomic E-state index is -0.240. The quantitative estimate of drug-likeness (QED) is 0.591. The van der Waals surface area contributed by atoms with Crippen molar-refractivity contribution in [3.63, 3.8) is 0 Å². The van der Waals surface area contributed by atoms with Gasteiger partial charge in [-0.15, -0.1) is 0 Å². The maximum Gasteiger partial charge on any atom is 0.293 e. The Morgan fingerprint density at radius 3 is 2.48 bits per heavy atom. The highest BCUT2D eigenvalue weighted by atomic mass is 32.2. The molecule has 0 radical (unpaired) electrons. The van der Waals surface area contributed by atoms with E-state index in [0.717, 1.165) is 41.5 Å². The number of fused-ring (bicyclic) bond motifs is 1. The molecule has 2 heterocycles. The molecular weight excluding hydrogens is 384 g/mol. The van der Waals surface area contributed by atoms with E-state index in [1.807, 2.05) is 13.8 Å². The summed E-state index contributed by atoms with van der Waals surface area (Å²) >= 11 is 0.989. The number of methoxy groups -OCH3 is 1. The van der Waals surface area contributed by atoms with Crippen molar-refractivity contribution in [2.45, 2.75) is 59.5 Å². The molecule has 0 aliphatic carbocycles. The molecule has 1 aromatic rings. The van der Waals surface area contributed by atoms with Gasteiger partial charge < -0.3 is 9.64 Å². The minimum absolute atomic E-state index is 0.0838. The third-order valence-electron chi connectivity index (χ3n) is 5.40. The molecule has 3 rings (SSSR count). The Kier molecular flexibility index (Phi) is 5.86. The standard InChI is InChI=1S/C23H30N2O3S/c1-8-9-24-18-12-19(28-7)16(10-17(18)15(4)13-23(24,5)6)11-20-21(26)25(14(2)3)22(27)29-20/h10-14H,8-9H2,1-7H3/b20-11+. The molecule has 2 aliphatic heterocycles. The lowest BCUT2D eigenvalue weighted by molar-refractivity contribution is -0.123. The van der Waals surface area contributed by atoms with Gasteiger partial charge >= 0.3 is 0 Å². The van der Waals surface area contributed by atoms with Crippen molar-refractivity contribution >= 4 is 40.2 Å². The van der Waals surface area contributed by atoms with Crippen LogP contribution in [0.1, 0.15) is 59.1 Å². The van der Waals surface area contributed by atoms with Gasteiger partial charge in [0.05, 0.1) is 17.6 Å². The van der Waals surface area contributed by atoms with Crippen LogP contribution in [0, 0.1) is 0 Å². The number of amides is 2. The van der Waals surface area contributed by atoms with Crippen molar-refractivity contribution < 1.29 is 14.3 Å². The Labute approximate surface area is 177 Å². The van der Waals surface area contributed by atoms with Gasteiger partial charge in [-0.2, -0.15) is 0 Å². The largest absolute Gasteiger partial charge is 0.496 e. The first kappa shape index (κ1) is 21.5. The van der Waals surface area contributed by atoms with E-state index in [1.165, 1.54) is 10.5 Å². The fourth-order valence-corrected chi connectivity index (χ4v) is 5.06. The van der Waals surface area contributed by atoms with Gasteiger partial charge in [-0.05, 0) is 70.5 Å². The molecule has 0 saturated carbocycles. The molecule has 2 amide bonds. The molecule has 29 heavy (non-hydrogen) atoms. The molecule has 0 bridgehead atoms. The molecular formula is C23H30N2O3S. The van der Waals surface area contributed by atoms with Gasteiger partial charge in [0.2, 0.25) is 0 Å². The summed E-state index contributed by atoms with van der Waals surface area (Å²) in [6, 6.07) is 3.97. The zero-order valence-electron chi connectivity index (χ0n) is 18.3. The number of carbonyl (C=O) groups is 2. The van der Waals surface area contributed by atoms with Gasteiger partial charge in [0.25, 0.3) is 11.1 Å². The fourth-order valence-electron chi connectivity index (χ4n) is 4.11. The molecule has 0 aromatic heterocycles. The molecule has 1 aromatic carbocycles. The summed E-state index contributed by atoms with van der Waals surface area (Å²) in [6.45, 7) is 13.4. The predicted molar refractivity (Wildman–Crippen MR) is 121 cm³/mol. The first-order valence-corrected chi connectivity index (χ1v) is 10.9. The summed E-state index contributed by atoms with van der Waals surface area (Å²) in [5, 5.41) is -0.222. The molecule has 1 saturated heterocycles. The number of benzene rings is 1. The summed E-state index contributed by atoms with van der Waals surface area (Å²) in [6.07, 6.45) is 5.11. The van der Waals surface area contributed by atoms with Gasteiger partial charge in [-0.1, -0.05) is 13.0 Å². The van der Waals surface area contributed by atoms with Crippen LogP contribution in [0.25, 0.3) is 11.6 Å². The predicted octanol–water partition coefficient (Wildman–Crippen LogP) is 5.55. The number of allylic oxidation sites excluding steroid dienone is 1. The number of hydrogen-bond acceptors (Lipinski definition) is 5. The van der Waals surface area contributed by atoms with E-state index in [4.69, 9.17) is 4.74 Å². The topological polar surface area (TPSA) is 49.9 Å². The Balaban J connectivity index is 2.11. The molecule has 0 atom stereocenters. The van der Waals surface area contributed by atoms with Gasteiger partial charge in [-0.3, -0.25) is 14.5 Å². The Morgan fingerprint density at radius 2 is 1.93 bits per heavy atom. The third kappa shape index (κ3) is 3.82. The molecule has 2 aliphatic rings. The van der Waals surface area contributed by atoms with E-state index in [-0.39, 0.29) is 22.7 Å². The minimum Gasteiger partial charge on any atom is -0.496 e. The molecule has 0 N–H and O–H groups in total. The van der Waals surface area contributed by atoms with Crippen LogP contribution in [-0.2, 0) is 4.79 Å². The monoisotopic (exact) mass is 414 g/mol. The van der Waals surface area contributed by atoms with Gasteiger partial charge in [-0.25, -0.2) is 0 Å². The summed E-state index contributed by atoms with van der Waals surface area (Å²) < 4.78 is 5.68. The van der Waals surface area contributed by atoms with Crippen LogP contribution in [0.15, 0.2) is 23.1 Å². The van der Waals surface area contributed by atoms with Crippen molar-refractivity contribution in [1.29, 1.82) is 0 Å². The number of nitrogens with zero attached hydrogens (tertiary/aromatic N) is 2. The van der Waals surface area contributed by atoms with E-state index in [0.29, 0.717) is 10.7 Å². The fraction of sp³-hybridized carbons (Fsp3) is 0.478. The third-order valence-corrected chi connectivity index (χ3v) is 6.29. The zero-order valence-corrected chi connectivity index (χ0v) is 19.1. The Morgan fingerprint density at radius 1 is 1.24 bits per heavy atom. The van der Waals surface area contributed by atoms with E-state index in [2.05, 4.69) is 50.8 Å². The number of carbonyl (C=O) groups excluding carboxylic acids is 2. The van der Waals surface area contributed by atoms with Crippen molar-refractivity contribution in [2.75, 3.05) is 18.6 Å². The van der Waals surface area contributed by atoms with Crippen molar-refractivity contribution in [2.24, 2.45) is 0 Å². The Hall–Kier alpha value is -2.21. The highest BCUT2D eigenvalue weighted by Crippen LogP contribution is 2.43. The average Bonchev–Trinajstić information content (AvgIpc) is 2.91. The second kappa shape index (κ2) is 7.90. The highest BCUT2D eigenvalue weighted by Gasteiger charge is 2.37. The van der Waals surface area contributed by atoms with E-state index >= 15 is 0 Å². The lowest BCUT2D eigenvalue weighted by atomic mass is 9.87. The second-order valence-electron chi connectivity index (χ2n) is 8.39. The lowest BCUT2D eigenvalue weighted by Gasteiger charge is -2.43. The van der Waals surface area contributed by atoms with E-state index in [1.54, 1.807) is 13.2 Å². The molecule has 0 spiro atoms. The molecule has 1 fully saturated rings. The molecule has 156 valence electrons. The number of hydrogen-bond donors (Lipinski definition) is 0. The van der Waals surface area contributed by atoms with E-state index in [9.17, 15) is 9.59 Å². The smallest absolute Gasteiger partial charge is 0.293 e. The van der Waals surface area contributed by atoms with Crippen LogP contribution in [0.5, 0.6) is 5.75 Å². The number of anilines is 1. The molecule has 5 nitrogen and oxygen atoms in total. The SMILES string of the molecule is CCCN1c2cc(OC)c(/C=C3/SC(=O)N(C(C)C)C3=O)cc2C(C)=CC1(C)C. The summed E-state index contributed by atoms with van der Waals surface area (Å²) in [4.78, 5) is 29.1. The Bertz CT molecular complexity index is 915. The van der Waals surface area contributed by atoms with Crippen LogP contribution in [0.4, 0.5) is 10.5 Å². The van der Waals surface area contributed by atoms with Crippen LogP contribution in [0.3, 0.4) is 0 Å². The van der Waals surface area contributed by atoms with Crippen LogP contribution >= 0.6 is 11.8 Å². The first-order valence-electron chi connectivity index (χ1n) is 10.1. The maximum atomic E-state index is 12.7. The van der Waals surface area contributed by atoms with Gasteiger partial charge in [0, 0.05) is 35.5 Å². The summed E-state index contributed by atoms with van der Waals surface area (Å²) in [7, 11) is 1.64. The van der Waals surface area contributed by atoms with Crippen LogP contribution in [0.2, 0.25) is 0 Å². The zero-order chi connectivity index (χ0) is 21.5. The van der Waals surface area contributed by atoms with Crippen LogP contribution < -0.4 is 9.64 Å². The summed E-state index contributed by atoms with van der Waals surface area (Å²) in [5.74, 6) is 0.461. The van der Waals surface area contributed by atoms with Crippen LogP contribution in [-0.4, -0.2) is 41.3 Å². The normalized spacial score (nSPS) is 19.9. The van der Waals surface area contributed by atoms with Crippen molar-refractivity contribution in [3.05, 3.63) is 34.2 Å². The average molecular weight is 415 g/mol. The number of rotatable bonds is 5. The lowest BCUT2D eigenvalue weighted by Crippen LogP contribution is -2.45. The van der Waals surface area contributed by atoms with E-state index < -0.39 is 0 Å².